The molecule has 0 radical (unpaired) electrons. The molecule has 0 unspecified atom stereocenters. The third-order valence-corrected chi connectivity index (χ3v) is 2.23. The minimum atomic E-state index is -0.461. The summed E-state index contributed by atoms with van der Waals surface area (Å²) in [5, 5.41) is 2.41. The van der Waals surface area contributed by atoms with Crippen LogP contribution in [0.25, 0.3) is 0 Å². The van der Waals surface area contributed by atoms with Gasteiger partial charge in [-0.3, -0.25) is 9.59 Å². The lowest BCUT2D eigenvalue weighted by atomic mass is 10.4. The Balaban J connectivity index is 3.99. The van der Waals surface area contributed by atoms with E-state index in [9.17, 15) is 9.59 Å². The minimum Gasteiger partial charge on any atom is -0.465 e. The van der Waals surface area contributed by atoms with Gasteiger partial charge < -0.3 is 15.0 Å². The zero-order valence-electron chi connectivity index (χ0n) is 10.3. The number of hydrogen-bond acceptors (Lipinski definition) is 4. The zero-order valence-corrected chi connectivity index (χ0v) is 11.8. The number of hydrogen-bond donors (Lipinski definition) is 1. The van der Waals surface area contributed by atoms with Crippen molar-refractivity contribution < 1.29 is 14.3 Å². The highest BCUT2D eigenvalue weighted by Gasteiger charge is 2.03. The van der Waals surface area contributed by atoms with E-state index in [4.69, 9.17) is 23.2 Å². The maximum absolute atomic E-state index is 11.4. The summed E-state index contributed by atoms with van der Waals surface area (Å²) in [7, 11) is 0. The van der Waals surface area contributed by atoms with Crippen molar-refractivity contribution in [1.82, 2.24) is 10.2 Å². The number of amides is 1. The summed E-state index contributed by atoms with van der Waals surface area (Å²) >= 11 is 11.2. The van der Waals surface area contributed by atoms with Gasteiger partial charge in [0.05, 0.1) is 6.61 Å². The fourth-order valence-corrected chi connectivity index (χ4v) is 1.52. The van der Waals surface area contributed by atoms with Gasteiger partial charge in [-0.15, -0.1) is 23.2 Å². The zero-order chi connectivity index (χ0) is 13.8. The molecule has 0 heterocycles. The van der Waals surface area contributed by atoms with Crippen LogP contribution < -0.4 is 5.32 Å². The van der Waals surface area contributed by atoms with E-state index in [2.05, 4.69) is 10.1 Å². The van der Waals surface area contributed by atoms with Gasteiger partial charge in [0.25, 0.3) is 0 Å². The van der Waals surface area contributed by atoms with Crippen LogP contribution >= 0.6 is 23.2 Å². The van der Waals surface area contributed by atoms with Crippen molar-refractivity contribution in [3.8, 4) is 0 Å². The van der Waals surface area contributed by atoms with Gasteiger partial charge in [-0.05, 0) is 6.92 Å². The molecule has 0 saturated heterocycles. The molecule has 0 aromatic carbocycles. The van der Waals surface area contributed by atoms with Crippen LogP contribution in [0, 0.1) is 0 Å². The molecule has 104 valence electrons. The fraction of sp³-hybridized carbons (Fsp3) is 0.636. The summed E-state index contributed by atoms with van der Waals surface area (Å²) < 4.78 is 4.67. The monoisotopic (exact) mass is 296 g/mol. The molecule has 0 rings (SSSR count). The van der Waals surface area contributed by atoms with Crippen molar-refractivity contribution in [2.75, 3.05) is 38.0 Å². The van der Waals surface area contributed by atoms with Crippen LogP contribution in [0.5, 0.6) is 0 Å². The quantitative estimate of drug-likeness (QED) is 0.391. The Kier molecular flexibility index (Phi) is 10.6. The first-order chi connectivity index (χ1) is 8.63. The summed E-state index contributed by atoms with van der Waals surface area (Å²) in [6, 6.07) is 0. The molecule has 0 aromatic heterocycles. The van der Waals surface area contributed by atoms with E-state index in [-0.39, 0.29) is 12.5 Å². The van der Waals surface area contributed by atoms with Crippen LogP contribution in [-0.2, 0) is 14.3 Å². The van der Waals surface area contributed by atoms with E-state index in [1.165, 1.54) is 6.08 Å². The third kappa shape index (κ3) is 9.13. The summed E-state index contributed by atoms with van der Waals surface area (Å²) in [6.45, 7) is 3.08. The number of carbonyl (C=O) groups excluding carboxylic acids is 2. The van der Waals surface area contributed by atoms with E-state index in [1.807, 2.05) is 4.90 Å². The smallest absolute Gasteiger partial charge is 0.325 e. The maximum atomic E-state index is 11.4. The summed E-state index contributed by atoms with van der Waals surface area (Å²) in [4.78, 5) is 24.2. The Morgan fingerprint density at radius 1 is 1.28 bits per heavy atom. The van der Waals surface area contributed by atoms with E-state index in [1.54, 1.807) is 13.1 Å². The number of carbonyl (C=O) groups is 2. The molecule has 0 fully saturated rings. The van der Waals surface area contributed by atoms with Gasteiger partial charge in [0.15, 0.2) is 0 Å². The first kappa shape index (κ1) is 17.1. The molecular weight excluding hydrogens is 279 g/mol. The molecule has 1 N–H and O–H groups in total. The molecule has 7 heteroatoms. The predicted octanol–water partition coefficient (Wildman–Crippen LogP) is 0.959. The van der Waals surface area contributed by atoms with Gasteiger partial charge in [0.1, 0.15) is 6.54 Å². The number of ether oxygens (including phenoxy) is 1. The lowest BCUT2D eigenvalue weighted by Gasteiger charge is -2.16. The average Bonchev–Trinajstić information content (AvgIpc) is 2.34. The van der Waals surface area contributed by atoms with Crippen LogP contribution in [0.1, 0.15) is 6.92 Å². The van der Waals surface area contributed by atoms with Crippen molar-refractivity contribution in [2.45, 2.75) is 6.92 Å². The van der Waals surface area contributed by atoms with Gasteiger partial charge >= 0.3 is 5.97 Å². The second-order valence-electron chi connectivity index (χ2n) is 3.25. The highest BCUT2D eigenvalue weighted by molar-refractivity contribution is 6.18. The van der Waals surface area contributed by atoms with Crippen LogP contribution in [0.2, 0.25) is 0 Å². The topological polar surface area (TPSA) is 58.6 Å². The molecule has 0 aliphatic carbocycles. The molecule has 0 aliphatic rings. The molecule has 0 atom stereocenters. The molecular formula is C11H18Cl2N2O3. The Morgan fingerprint density at radius 3 is 2.39 bits per heavy atom. The van der Waals surface area contributed by atoms with Crippen LogP contribution in [0.3, 0.4) is 0 Å². The van der Waals surface area contributed by atoms with Crippen molar-refractivity contribution in [1.29, 1.82) is 0 Å². The Morgan fingerprint density at radius 2 is 1.89 bits per heavy atom. The van der Waals surface area contributed by atoms with Gasteiger partial charge in [-0.1, -0.05) is 0 Å². The maximum Gasteiger partial charge on any atom is 0.325 e. The normalized spacial score (nSPS) is 10.4. The van der Waals surface area contributed by atoms with Crippen molar-refractivity contribution in [3.05, 3.63) is 12.3 Å². The lowest BCUT2D eigenvalue weighted by Crippen LogP contribution is -2.30. The minimum absolute atomic E-state index is 0.137. The molecule has 0 aromatic rings. The standard InChI is InChI=1S/C11H18Cl2N2O3/c1-2-18-11(17)9-14-10(16)3-6-15(7-4-12)8-5-13/h3,6H,2,4-5,7-9H2,1H3,(H,14,16). The van der Waals surface area contributed by atoms with Crippen molar-refractivity contribution in [3.63, 3.8) is 0 Å². The molecule has 0 bridgehead atoms. The van der Waals surface area contributed by atoms with Crippen LogP contribution in [0.15, 0.2) is 12.3 Å². The number of esters is 1. The van der Waals surface area contributed by atoms with Crippen molar-refractivity contribution in [2.24, 2.45) is 0 Å². The van der Waals surface area contributed by atoms with Gasteiger partial charge in [0.2, 0.25) is 5.91 Å². The largest absolute Gasteiger partial charge is 0.465 e. The molecule has 0 saturated carbocycles. The Labute approximate surface area is 117 Å². The fourth-order valence-electron chi connectivity index (χ4n) is 1.08. The van der Waals surface area contributed by atoms with E-state index >= 15 is 0 Å². The highest BCUT2D eigenvalue weighted by atomic mass is 35.5. The number of halogens is 2. The van der Waals surface area contributed by atoms with Gasteiger partial charge in [0, 0.05) is 37.1 Å². The number of rotatable bonds is 9. The summed E-state index contributed by atoms with van der Waals surface area (Å²) in [6.07, 6.45) is 2.93. The highest BCUT2D eigenvalue weighted by Crippen LogP contribution is 1.93. The van der Waals surface area contributed by atoms with E-state index in [0.29, 0.717) is 31.5 Å². The Hall–Kier alpha value is -0.940. The van der Waals surface area contributed by atoms with E-state index in [0.717, 1.165) is 0 Å². The first-order valence-electron chi connectivity index (χ1n) is 5.61. The van der Waals surface area contributed by atoms with Crippen LogP contribution in [0.4, 0.5) is 0 Å². The second kappa shape index (κ2) is 11.2. The molecule has 5 nitrogen and oxygen atoms in total. The number of alkyl halides is 2. The number of nitrogens with zero attached hydrogens (tertiary/aromatic N) is 1. The summed E-state index contributed by atoms with van der Waals surface area (Å²) in [5.74, 6) is 0.0759. The molecule has 0 spiro atoms. The second-order valence-corrected chi connectivity index (χ2v) is 4.01. The number of nitrogens with one attached hydrogen (secondary N) is 1. The van der Waals surface area contributed by atoms with Gasteiger partial charge in [-0.25, -0.2) is 0 Å². The van der Waals surface area contributed by atoms with Crippen molar-refractivity contribution >= 4 is 35.1 Å². The molecule has 0 aliphatic heterocycles. The summed E-state index contributed by atoms with van der Waals surface area (Å²) in [5.41, 5.74) is 0. The SMILES string of the molecule is CCOC(=O)CNC(=O)C=CN(CCCl)CCCl. The third-order valence-electron chi connectivity index (χ3n) is 1.89. The van der Waals surface area contributed by atoms with E-state index < -0.39 is 5.97 Å². The lowest BCUT2D eigenvalue weighted by molar-refractivity contribution is -0.143. The predicted molar refractivity (Wildman–Crippen MR) is 71.8 cm³/mol. The average molecular weight is 297 g/mol. The molecule has 18 heavy (non-hydrogen) atoms. The van der Waals surface area contributed by atoms with Crippen LogP contribution in [-0.4, -0.2) is 54.8 Å². The first-order valence-corrected chi connectivity index (χ1v) is 6.68. The molecule has 1 amide bonds. The Bertz CT molecular complexity index is 279. The van der Waals surface area contributed by atoms with Gasteiger partial charge in [-0.2, -0.15) is 0 Å².